The van der Waals surface area contributed by atoms with E-state index in [4.69, 9.17) is 0 Å². The number of benzene rings is 1. The minimum atomic E-state index is -0.160. The van der Waals surface area contributed by atoms with Gasteiger partial charge in [-0.3, -0.25) is 0 Å². The lowest BCUT2D eigenvalue weighted by Gasteiger charge is -2.08. The highest BCUT2D eigenvalue weighted by molar-refractivity contribution is 5.17. The van der Waals surface area contributed by atoms with E-state index in [9.17, 15) is 4.39 Å². The van der Waals surface area contributed by atoms with E-state index in [1.54, 1.807) is 12.1 Å². The van der Waals surface area contributed by atoms with E-state index in [2.05, 4.69) is 21.8 Å². The van der Waals surface area contributed by atoms with E-state index >= 15 is 0 Å². The maximum atomic E-state index is 13.4. The van der Waals surface area contributed by atoms with Crippen LogP contribution in [0.1, 0.15) is 24.6 Å². The lowest BCUT2D eigenvalue weighted by Crippen LogP contribution is -2.16. The Morgan fingerprint density at radius 3 is 2.89 bits per heavy atom. The molecule has 1 N–H and O–H groups in total. The van der Waals surface area contributed by atoms with Gasteiger partial charge < -0.3 is 9.88 Å². The van der Waals surface area contributed by atoms with E-state index in [1.807, 2.05) is 18.6 Å². The second-order valence-electron chi connectivity index (χ2n) is 4.27. The number of aryl methyl sites for hydroxylation is 1. The molecule has 18 heavy (non-hydrogen) atoms. The van der Waals surface area contributed by atoms with Gasteiger partial charge in [-0.2, -0.15) is 0 Å². The van der Waals surface area contributed by atoms with Crippen molar-refractivity contribution in [1.29, 1.82) is 0 Å². The van der Waals surface area contributed by atoms with E-state index < -0.39 is 0 Å². The summed E-state index contributed by atoms with van der Waals surface area (Å²) in [5, 5.41) is 3.24. The van der Waals surface area contributed by atoms with E-state index in [-0.39, 0.29) is 5.82 Å². The summed E-state index contributed by atoms with van der Waals surface area (Å²) >= 11 is 0. The molecule has 0 atom stereocenters. The molecule has 0 unspecified atom stereocenters. The fourth-order valence-corrected chi connectivity index (χ4v) is 1.90. The first-order valence-corrected chi connectivity index (χ1v) is 6.24. The highest BCUT2D eigenvalue weighted by Crippen LogP contribution is 2.06. The van der Waals surface area contributed by atoms with Crippen molar-refractivity contribution in [2.75, 3.05) is 0 Å². The maximum Gasteiger partial charge on any atom is 0.127 e. The number of hydrogen-bond donors (Lipinski definition) is 1. The fraction of sp³-hybridized carbons (Fsp3) is 0.357. The molecule has 0 aliphatic heterocycles. The summed E-state index contributed by atoms with van der Waals surface area (Å²) in [4.78, 5) is 4.13. The summed E-state index contributed by atoms with van der Waals surface area (Å²) in [5.41, 5.74) is 1.83. The summed E-state index contributed by atoms with van der Waals surface area (Å²) in [6, 6.07) is 6.83. The van der Waals surface area contributed by atoms with Crippen molar-refractivity contribution in [3.05, 3.63) is 53.9 Å². The van der Waals surface area contributed by atoms with Gasteiger partial charge in [0, 0.05) is 31.4 Å². The quantitative estimate of drug-likeness (QED) is 0.850. The van der Waals surface area contributed by atoms with Crippen molar-refractivity contribution < 1.29 is 4.39 Å². The second kappa shape index (κ2) is 6.31. The number of halogens is 1. The van der Waals surface area contributed by atoms with Crippen molar-refractivity contribution >= 4 is 0 Å². The fourth-order valence-electron chi connectivity index (χ4n) is 1.90. The topological polar surface area (TPSA) is 29.9 Å². The zero-order chi connectivity index (χ0) is 12.8. The van der Waals surface area contributed by atoms with Crippen LogP contribution in [-0.4, -0.2) is 9.55 Å². The minimum Gasteiger partial charge on any atom is -0.333 e. The Morgan fingerprint density at radius 1 is 1.28 bits per heavy atom. The molecule has 0 amide bonds. The lowest BCUT2D eigenvalue weighted by atomic mass is 10.2. The average molecular weight is 247 g/mol. The predicted octanol–water partition coefficient (Wildman–Crippen LogP) is 2.72. The van der Waals surface area contributed by atoms with Crippen molar-refractivity contribution in [3.63, 3.8) is 0 Å². The summed E-state index contributed by atoms with van der Waals surface area (Å²) in [5.74, 6) is -0.160. The van der Waals surface area contributed by atoms with Crippen LogP contribution in [0.3, 0.4) is 0 Å². The van der Waals surface area contributed by atoms with Crippen molar-refractivity contribution in [2.24, 2.45) is 0 Å². The zero-order valence-electron chi connectivity index (χ0n) is 10.6. The molecule has 0 aliphatic carbocycles. The Balaban J connectivity index is 1.88. The SMILES string of the molecule is CCCn1cncc1CNCc1ccccc1F. The van der Waals surface area contributed by atoms with Crippen LogP contribution >= 0.6 is 0 Å². The number of aromatic nitrogens is 2. The molecule has 1 aromatic heterocycles. The summed E-state index contributed by atoms with van der Waals surface area (Å²) in [7, 11) is 0. The predicted molar refractivity (Wildman–Crippen MR) is 69.5 cm³/mol. The smallest absolute Gasteiger partial charge is 0.127 e. The molecule has 0 fully saturated rings. The van der Waals surface area contributed by atoms with E-state index in [0.717, 1.165) is 18.7 Å². The summed E-state index contributed by atoms with van der Waals surface area (Å²) in [6.45, 7) is 4.34. The Labute approximate surface area is 107 Å². The van der Waals surface area contributed by atoms with Crippen LogP contribution in [-0.2, 0) is 19.6 Å². The standard InChI is InChI=1S/C14H18FN3/c1-2-7-18-11-17-10-13(18)9-16-8-12-5-3-4-6-14(12)15/h3-6,10-11,16H,2,7-9H2,1H3. The van der Waals surface area contributed by atoms with Crippen LogP contribution in [0.4, 0.5) is 4.39 Å². The number of nitrogens with zero attached hydrogens (tertiary/aromatic N) is 2. The van der Waals surface area contributed by atoms with Gasteiger partial charge in [-0.05, 0) is 12.5 Å². The highest BCUT2D eigenvalue weighted by Gasteiger charge is 2.03. The van der Waals surface area contributed by atoms with Gasteiger partial charge in [-0.25, -0.2) is 9.37 Å². The molecule has 2 aromatic rings. The Kier molecular flexibility index (Phi) is 4.47. The van der Waals surface area contributed by atoms with Gasteiger partial charge in [0.15, 0.2) is 0 Å². The molecule has 0 saturated heterocycles. The van der Waals surface area contributed by atoms with Gasteiger partial charge in [-0.1, -0.05) is 25.1 Å². The molecule has 1 heterocycles. The van der Waals surface area contributed by atoms with Gasteiger partial charge in [-0.15, -0.1) is 0 Å². The monoisotopic (exact) mass is 247 g/mol. The molecule has 1 aromatic carbocycles. The van der Waals surface area contributed by atoms with Crippen LogP contribution in [0.15, 0.2) is 36.8 Å². The molecule has 0 bridgehead atoms. The van der Waals surface area contributed by atoms with Crippen LogP contribution in [0, 0.1) is 5.82 Å². The Hall–Kier alpha value is -1.68. The highest BCUT2D eigenvalue weighted by atomic mass is 19.1. The van der Waals surface area contributed by atoms with Crippen LogP contribution in [0.5, 0.6) is 0 Å². The van der Waals surface area contributed by atoms with Crippen LogP contribution in [0.25, 0.3) is 0 Å². The summed E-state index contributed by atoms with van der Waals surface area (Å²) in [6.07, 6.45) is 4.77. The molecule has 0 aliphatic rings. The van der Waals surface area contributed by atoms with E-state index in [1.165, 1.54) is 6.07 Å². The van der Waals surface area contributed by atoms with Gasteiger partial charge in [0.1, 0.15) is 5.82 Å². The van der Waals surface area contributed by atoms with Crippen LogP contribution in [0.2, 0.25) is 0 Å². The average Bonchev–Trinajstić information content (AvgIpc) is 2.80. The van der Waals surface area contributed by atoms with Crippen molar-refractivity contribution in [2.45, 2.75) is 33.0 Å². The van der Waals surface area contributed by atoms with Crippen molar-refractivity contribution in [3.8, 4) is 0 Å². The molecule has 0 radical (unpaired) electrons. The largest absolute Gasteiger partial charge is 0.333 e. The molecular weight excluding hydrogens is 229 g/mol. The van der Waals surface area contributed by atoms with Gasteiger partial charge >= 0.3 is 0 Å². The third-order valence-electron chi connectivity index (χ3n) is 2.84. The first kappa shape index (κ1) is 12.8. The molecule has 4 heteroatoms. The van der Waals surface area contributed by atoms with Gasteiger partial charge in [0.25, 0.3) is 0 Å². The normalized spacial score (nSPS) is 10.8. The van der Waals surface area contributed by atoms with Gasteiger partial charge in [0.05, 0.1) is 12.0 Å². The molecule has 0 spiro atoms. The number of rotatable bonds is 6. The first-order valence-electron chi connectivity index (χ1n) is 6.24. The number of hydrogen-bond acceptors (Lipinski definition) is 2. The molecule has 0 saturated carbocycles. The molecular formula is C14H18FN3. The lowest BCUT2D eigenvalue weighted by molar-refractivity contribution is 0.571. The first-order chi connectivity index (χ1) is 8.81. The van der Waals surface area contributed by atoms with Gasteiger partial charge in [0.2, 0.25) is 0 Å². The molecule has 2 rings (SSSR count). The second-order valence-corrected chi connectivity index (χ2v) is 4.27. The van der Waals surface area contributed by atoms with E-state index in [0.29, 0.717) is 18.7 Å². The Bertz CT molecular complexity index is 493. The van der Waals surface area contributed by atoms with Crippen LogP contribution < -0.4 is 5.32 Å². The third-order valence-corrected chi connectivity index (χ3v) is 2.84. The minimum absolute atomic E-state index is 0.160. The molecule has 3 nitrogen and oxygen atoms in total. The maximum absolute atomic E-state index is 13.4. The zero-order valence-corrected chi connectivity index (χ0v) is 10.6. The number of nitrogens with one attached hydrogen (secondary N) is 1. The van der Waals surface area contributed by atoms with Crippen molar-refractivity contribution in [1.82, 2.24) is 14.9 Å². The number of imidazole rings is 1. The third kappa shape index (κ3) is 3.17. The Morgan fingerprint density at radius 2 is 2.11 bits per heavy atom. The molecule has 96 valence electrons. The summed E-state index contributed by atoms with van der Waals surface area (Å²) < 4.78 is 15.5.